The molecule has 134 valence electrons. The van der Waals surface area contributed by atoms with Crippen LogP contribution in [0, 0.1) is 0 Å². The molecular weight excluding hydrogens is 334 g/mol. The molecule has 0 fully saturated rings. The summed E-state index contributed by atoms with van der Waals surface area (Å²) < 4.78 is 37.2. The molecule has 2 aromatic rings. The van der Waals surface area contributed by atoms with Gasteiger partial charge in [0.2, 0.25) is 10.0 Å². The molecule has 1 aromatic heterocycles. The molecule has 0 aliphatic rings. The molecule has 1 heterocycles. The standard InChI is InChI=1S/C15H23N3O5S/c1-3-18(4-2)8-10-22-9-7-16-24(20,21)12-5-6-13-14(11-12)23-15(19)17-13/h5-6,11,16H,3-4,7-10H2,1-2H3,(H,17,19). The maximum atomic E-state index is 12.2. The van der Waals surface area contributed by atoms with Crippen LogP contribution >= 0.6 is 0 Å². The minimum atomic E-state index is -3.67. The summed E-state index contributed by atoms with van der Waals surface area (Å²) in [7, 11) is -3.67. The minimum Gasteiger partial charge on any atom is -0.408 e. The lowest BCUT2D eigenvalue weighted by atomic mass is 10.3. The van der Waals surface area contributed by atoms with E-state index in [1.165, 1.54) is 18.2 Å². The zero-order valence-corrected chi connectivity index (χ0v) is 14.7. The lowest BCUT2D eigenvalue weighted by Crippen LogP contribution is -2.30. The number of likely N-dealkylation sites (N-methyl/N-ethyl adjacent to an activating group) is 1. The SMILES string of the molecule is CCN(CC)CCOCCNS(=O)(=O)c1ccc2[nH]c(=O)oc2c1. The van der Waals surface area contributed by atoms with Gasteiger partial charge in [0, 0.05) is 19.2 Å². The monoisotopic (exact) mass is 357 g/mol. The van der Waals surface area contributed by atoms with Crippen molar-refractivity contribution in [2.45, 2.75) is 18.7 Å². The van der Waals surface area contributed by atoms with E-state index in [4.69, 9.17) is 9.15 Å². The van der Waals surface area contributed by atoms with Gasteiger partial charge >= 0.3 is 5.76 Å². The number of oxazole rings is 1. The first-order chi connectivity index (χ1) is 11.5. The van der Waals surface area contributed by atoms with Crippen molar-refractivity contribution in [1.82, 2.24) is 14.6 Å². The molecular formula is C15H23N3O5S. The average molecular weight is 357 g/mol. The van der Waals surface area contributed by atoms with Crippen LogP contribution in [0.25, 0.3) is 11.1 Å². The van der Waals surface area contributed by atoms with E-state index in [0.717, 1.165) is 19.6 Å². The van der Waals surface area contributed by atoms with E-state index in [1.54, 1.807) is 0 Å². The van der Waals surface area contributed by atoms with Crippen LogP contribution in [-0.2, 0) is 14.8 Å². The van der Waals surface area contributed by atoms with Gasteiger partial charge in [0.25, 0.3) is 0 Å². The van der Waals surface area contributed by atoms with Crippen molar-refractivity contribution in [2.75, 3.05) is 39.4 Å². The molecule has 0 aliphatic carbocycles. The molecule has 0 saturated heterocycles. The van der Waals surface area contributed by atoms with E-state index < -0.39 is 15.8 Å². The Hall–Kier alpha value is -1.68. The van der Waals surface area contributed by atoms with Gasteiger partial charge in [-0.05, 0) is 25.2 Å². The van der Waals surface area contributed by atoms with Gasteiger partial charge in [-0.15, -0.1) is 0 Å². The molecule has 8 nitrogen and oxygen atoms in total. The Kier molecular flexibility index (Phi) is 6.55. The number of nitrogens with zero attached hydrogens (tertiary/aromatic N) is 1. The number of rotatable bonds is 10. The Balaban J connectivity index is 1.83. The average Bonchev–Trinajstić information content (AvgIpc) is 2.93. The fourth-order valence-electron chi connectivity index (χ4n) is 2.26. The summed E-state index contributed by atoms with van der Waals surface area (Å²) in [5, 5.41) is 0. The fourth-order valence-corrected chi connectivity index (χ4v) is 3.29. The van der Waals surface area contributed by atoms with Crippen LogP contribution in [0.3, 0.4) is 0 Å². The lowest BCUT2D eigenvalue weighted by molar-refractivity contribution is 0.111. The molecule has 2 N–H and O–H groups in total. The van der Waals surface area contributed by atoms with Crippen molar-refractivity contribution in [2.24, 2.45) is 0 Å². The molecule has 9 heteroatoms. The van der Waals surface area contributed by atoms with E-state index in [0.29, 0.717) is 18.7 Å². The summed E-state index contributed by atoms with van der Waals surface area (Å²) in [5.74, 6) is -0.617. The van der Waals surface area contributed by atoms with E-state index in [9.17, 15) is 13.2 Å². The molecule has 24 heavy (non-hydrogen) atoms. The molecule has 0 saturated carbocycles. The topological polar surface area (TPSA) is 105 Å². The minimum absolute atomic E-state index is 0.0425. The third kappa shape index (κ3) is 4.91. The predicted molar refractivity (Wildman–Crippen MR) is 90.6 cm³/mol. The largest absolute Gasteiger partial charge is 0.417 e. The van der Waals surface area contributed by atoms with E-state index in [2.05, 4.69) is 28.5 Å². The smallest absolute Gasteiger partial charge is 0.408 e. The molecule has 0 unspecified atom stereocenters. The van der Waals surface area contributed by atoms with Crippen LogP contribution in [-0.4, -0.2) is 57.7 Å². The van der Waals surface area contributed by atoms with Gasteiger partial charge in [0.1, 0.15) is 0 Å². The molecule has 0 bridgehead atoms. The summed E-state index contributed by atoms with van der Waals surface area (Å²) >= 11 is 0. The van der Waals surface area contributed by atoms with Gasteiger partial charge in [-0.25, -0.2) is 17.9 Å². The van der Waals surface area contributed by atoms with Crippen LogP contribution in [0.2, 0.25) is 0 Å². The highest BCUT2D eigenvalue weighted by atomic mass is 32.2. The van der Waals surface area contributed by atoms with Gasteiger partial charge in [-0.2, -0.15) is 0 Å². The van der Waals surface area contributed by atoms with Gasteiger partial charge in [-0.1, -0.05) is 13.8 Å². The maximum Gasteiger partial charge on any atom is 0.417 e. The lowest BCUT2D eigenvalue weighted by Gasteiger charge is -2.17. The Morgan fingerprint density at radius 1 is 1.25 bits per heavy atom. The molecule has 0 radical (unpaired) electrons. The van der Waals surface area contributed by atoms with Crippen LogP contribution in [0.5, 0.6) is 0 Å². The first-order valence-corrected chi connectivity index (χ1v) is 9.37. The summed E-state index contributed by atoms with van der Waals surface area (Å²) in [5.41, 5.74) is 0.664. The van der Waals surface area contributed by atoms with Crippen LogP contribution in [0.1, 0.15) is 13.8 Å². The van der Waals surface area contributed by atoms with E-state index in [1.807, 2.05) is 0 Å². The quantitative estimate of drug-likeness (QED) is 0.608. The number of hydrogen-bond donors (Lipinski definition) is 2. The Morgan fingerprint density at radius 3 is 2.71 bits per heavy atom. The van der Waals surface area contributed by atoms with E-state index >= 15 is 0 Å². The maximum absolute atomic E-state index is 12.2. The number of ether oxygens (including phenoxy) is 1. The predicted octanol–water partition coefficient (Wildman–Crippen LogP) is 0.758. The first kappa shape index (κ1) is 18.7. The van der Waals surface area contributed by atoms with Crippen molar-refractivity contribution in [1.29, 1.82) is 0 Å². The van der Waals surface area contributed by atoms with E-state index in [-0.39, 0.29) is 17.0 Å². The Labute approximate surface area is 140 Å². The number of benzene rings is 1. The highest BCUT2D eigenvalue weighted by molar-refractivity contribution is 7.89. The Bertz CT molecular complexity index is 808. The molecule has 0 spiro atoms. The second kappa shape index (κ2) is 8.43. The van der Waals surface area contributed by atoms with Gasteiger partial charge in [0.05, 0.1) is 23.6 Å². The van der Waals surface area contributed by atoms with Crippen molar-refractivity contribution in [3.05, 3.63) is 28.7 Å². The number of fused-ring (bicyclic) bond motifs is 1. The molecule has 1 aromatic carbocycles. The number of aromatic amines is 1. The summed E-state index contributed by atoms with van der Waals surface area (Å²) in [6.07, 6.45) is 0. The van der Waals surface area contributed by atoms with Gasteiger partial charge in [0.15, 0.2) is 5.58 Å². The second-order valence-corrected chi connectivity index (χ2v) is 6.98. The van der Waals surface area contributed by atoms with Crippen molar-refractivity contribution in [3.8, 4) is 0 Å². The van der Waals surface area contributed by atoms with Crippen LogP contribution < -0.4 is 10.5 Å². The van der Waals surface area contributed by atoms with Crippen molar-refractivity contribution < 1.29 is 17.6 Å². The number of H-pyrrole nitrogens is 1. The van der Waals surface area contributed by atoms with Crippen molar-refractivity contribution in [3.63, 3.8) is 0 Å². The number of aromatic nitrogens is 1. The molecule has 0 amide bonds. The zero-order valence-electron chi connectivity index (χ0n) is 13.9. The van der Waals surface area contributed by atoms with Crippen LogP contribution in [0.15, 0.2) is 32.3 Å². The zero-order chi connectivity index (χ0) is 17.6. The van der Waals surface area contributed by atoms with Gasteiger partial charge in [-0.3, -0.25) is 4.98 Å². The molecule has 0 aliphatic heterocycles. The number of hydrogen-bond acceptors (Lipinski definition) is 6. The molecule has 2 rings (SSSR count). The Morgan fingerprint density at radius 2 is 2.00 bits per heavy atom. The van der Waals surface area contributed by atoms with Gasteiger partial charge < -0.3 is 14.1 Å². The number of sulfonamides is 1. The van der Waals surface area contributed by atoms with Crippen LogP contribution in [0.4, 0.5) is 0 Å². The highest BCUT2D eigenvalue weighted by Crippen LogP contribution is 2.16. The normalized spacial score (nSPS) is 12.3. The highest BCUT2D eigenvalue weighted by Gasteiger charge is 2.15. The second-order valence-electron chi connectivity index (χ2n) is 5.21. The summed E-state index contributed by atoms with van der Waals surface area (Å²) in [6, 6.07) is 4.23. The molecule has 0 atom stereocenters. The summed E-state index contributed by atoms with van der Waals surface area (Å²) in [4.78, 5) is 15.8. The first-order valence-electron chi connectivity index (χ1n) is 7.89. The van der Waals surface area contributed by atoms with Crippen molar-refractivity contribution >= 4 is 21.1 Å². The summed E-state index contributed by atoms with van der Waals surface area (Å²) in [6.45, 7) is 7.95. The third-order valence-corrected chi connectivity index (χ3v) is 5.15. The number of nitrogens with one attached hydrogen (secondary N) is 2. The third-order valence-electron chi connectivity index (χ3n) is 3.69. The fraction of sp³-hybridized carbons (Fsp3) is 0.533.